The molecule has 138 valence electrons. The van der Waals surface area contributed by atoms with Crippen LogP contribution in [-0.4, -0.2) is 16.9 Å². The van der Waals surface area contributed by atoms with Gasteiger partial charge in [-0.2, -0.15) is 0 Å². The van der Waals surface area contributed by atoms with E-state index in [2.05, 4.69) is 20.9 Å². The summed E-state index contributed by atoms with van der Waals surface area (Å²) in [7, 11) is 0. The number of benzene rings is 2. The van der Waals surface area contributed by atoms with Gasteiger partial charge in [0.15, 0.2) is 5.13 Å². The number of rotatable bonds is 4. The van der Waals surface area contributed by atoms with Gasteiger partial charge in [-0.25, -0.2) is 9.78 Å². The number of hydrogen-bond acceptors (Lipinski definition) is 4. The van der Waals surface area contributed by atoms with Crippen LogP contribution in [0.25, 0.3) is 0 Å². The van der Waals surface area contributed by atoms with E-state index < -0.39 is 6.03 Å². The first-order valence-electron chi connectivity index (χ1n) is 8.39. The number of amides is 3. The second kappa shape index (κ2) is 8.01. The van der Waals surface area contributed by atoms with Gasteiger partial charge < -0.3 is 10.6 Å². The predicted octanol–water partition coefficient (Wildman–Crippen LogP) is 4.96. The summed E-state index contributed by atoms with van der Waals surface area (Å²) in [4.78, 5) is 28.7. The smallest absolute Gasteiger partial charge is 0.320 e. The Morgan fingerprint density at radius 1 is 0.926 bits per heavy atom. The Labute approximate surface area is 161 Å². The van der Waals surface area contributed by atoms with Crippen molar-refractivity contribution in [3.8, 4) is 0 Å². The zero-order valence-electron chi connectivity index (χ0n) is 15.3. The van der Waals surface area contributed by atoms with Gasteiger partial charge in [-0.3, -0.25) is 10.1 Å². The van der Waals surface area contributed by atoms with E-state index in [4.69, 9.17) is 0 Å². The summed E-state index contributed by atoms with van der Waals surface area (Å²) in [5.41, 5.74) is 4.85. The summed E-state index contributed by atoms with van der Waals surface area (Å²) in [5.74, 6) is -0.314. The molecule has 0 spiro atoms. The van der Waals surface area contributed by atoms with E-state index in [-0.39, 0.29) is 11.6 Å². The van der Waals surface area contributed by atoms with E-state index in [1.807, 2.05) is 57.2 Å². The average Bonchev–Trinajstić information content (AvgIpc) is 3.05. The molecule has 7 heteroatoms. The molecule has 6 nitrogen and oxygen atoms in total. The standard InChI is InChI=1S/C20H20N4O2S/c1-12-5-4-6-15(10-12)21-19(26)24-20-23-17(11-27-20)18(25)22-16-8-7-13(2)9-14(16)3/h4-11H,1-3H3,(H,22,25)(H2,21,23,24,26). The predicted molar refractivity (Wildman–Crippen MR) is 110 cm³/mol. The van der Waals surface area contributed by atoms with E-state index in [0.717, 1.165) is 22.4 Å². The minimum Gasteiger partial charge on any atom is -0.320 e. The normalized spacial score (nSPS) is 10.3. The number of nitrogens with zero attached hydrogens (tertiary/aromatic N) is 1. The quantitative estimate of drug-likeness (QED) is 0.598. The first-order valence-corrected chi connectivity index (χ1v) is 9.27. The molecule has 3 aromatic rings. The summed E-state index contributed by atoms with van der Waals surface area (Å²) in [6.07, 6.45) is 0. The second-order valence-electron chi connectivity index (χ2n) is 6.26. The minimum atomic E-state index is -0.406. The summed E-state index contributed by atoms with van der Waals surface area (Å²) in [5, 5.41) is 10.2. The van der Waals surface area contributed by atoms with Crippen LogP contribution in [0.5, 0.6) is 0 Å². The van der Waals surface area contributed by atoms with E-state index in [9.17, 15) is 9.59 Å². The number of hydrogen-bond donors (Lipinski definition) is 3. The third kappa shape index (κ3) is 4.92. The van der Waals surface area contributed by atoms with Crippen LogP contribution in [-0.2, 0) is 0 Å². The lowest BCUT2D eigenvalue weighted by Gasteiger charge is -2.08. The van der Waals surface area contributed by atoms with Crippen LogP contribution >= 0.6 is 11.3 Å². The fourth-order valence-corrected chi connectivity index (χ4v) is 3.24. The van der Waals surface area contributed by atoms with Gasteiger partial charge in [-0.1, -0.05) is 29.8 Å². The van der Waals surface area contributed by atoms with Crippen molar-refractivity contribution < 1.29 is 9.59 Å². The van der Waals surface area contributed by atoms with Crippen LogP contribution in [0.1, 0.15) is 27.2 Å². The largest absolute Gasteiger partial charge is 0.325 e. The highest BCUT2D eigenvalue weighted by atomic mass is 32.1. The number of carbonyl (C=O) groups is 2. The van der Waals surface area contributed by atoms with Gasteiger partial charge in [-0.15, -0.1) is 11.3 Å². The zero-order chi connectivity index (χ0) is 19.4. The molecule has 0 radical (unpaired) electrons. The van der Waals surface area contributed by atoms with Crippen LogP contribution < -0.4 is 16.0 Å². The van der Waals surface area contributed by atoms with E-state index in [0.29, 0.717) is 10.8 Å². The van der Waals surface area contributed by atoms with E-state index in [1.54, 1.807) is 11.4 Å². The lowest BCUT2D eigenvalue weighted by Crippen LogP contribution is -2.19. The van der Waals surface area contributed by atoms with Crippen LogP contribution in [0.3, 0.4) is 0 Å². The molecular formula is C20H20N4O2S. The number of carbonyl (C=O) groups excluding carboxylic acids is 2. The van der Waals surface area contributed by atoms with E-state index in [1.165, 1.54) is 11.3 Å². The summed E-state index contributed by atoms with van der Waals surface area (Å²) in [6, 6.07) is 12.9. The average molecular weight is 380 g/mol. The minimum absolute atomic E-state index is 0.255. The van der Waals surface area contributed by atoms with Gasteiger partial charge in [0, 0.05) is 16.8 Å². The van der Waals surface area contributed by atoms with Crippen molar-refractivity contribution >= 4 is 39.8 Å². The second-order valence-corrected chi connectivity index (χ2v) is 7.12. The van der Waals surface area contributed by atoms with Gasteiger partial charge in [0.25, 0.3) is 5.91 Å². The van der Waals surface area contributed by atoms with Gasteiger partial charge >= 0.3 is 6.03 Å². The van der Waals surface area contributed by atoms with Gasteiger partial charge in [0.2, 0.25) is 0 Å². The van der Waals surface area contributed by atoms with Crippen molar-refractivity contribution in [2.45, 2.75) is 20.8 Å². The fourth-order valence-electron chi connectivity index (χ4n) is 2.56. The molecule has 0 aliphatic heterocycles. The van der Waals surface area contributed by atoms with Crippen molar-refractivity contribution in [3.63, 3.8) is 0 Å². The zero-order valence-corrected chi connectivity index (χ0v) is 16.1. The molecule has 0 atom stereocenters. The Kier molecular flexibility index (Phi) is 5.52. The van der Waals surface area contributed by atoms with Crippen molar-refractivity contribution in [2.24, 2.45) is 0 Å². The molecule has 27 heavy (non-hydrogen) atoms. The third-order valence-electron chi connectivity index (χ3n) is 3.86. The van der Waals surface area contributed by atoms with Crippen molar-refractivity contribution in [1.82, 2.24) is 4.98 Å². The van der Waals surface area contributed by atoms with Crippen LogP contribution in [0.2, 0.25) is 0 Å². The molecule has 1 aromatic heterocycles. The van der Waals surface area contributed by atoms with Gasteiger partial charge in [0.1, 0.15) is 5.69 Å². The molecule has 0 saturated heterocycles. The molecule has 0 unspecified atom stereocenters. The van der Waals surface area contributed by atoms with Crippen LogP contribution in [0, 0.1) is 20.8 Å². The molecule has 0 aliphatic carbocycles. The Morgan fingerprint density at radius 2 is 1.70 bits per heavy atom. The lowest BCUT2D eigenvalue weighted by atomic mass is 10.1. The van der Waals surface area contributed by atoms with Crippen molar-refractivity contribution in [3.05, 3.63) is 70.2 Å². The molecule has 3 N–H and O–H groups in total. The molecule has 2 aromatic carbocycles. The SMILES string of the molecule is Cc1cccc(NC(=O)Nc2nc(C(=O)Nc3ccc(C)cc3C)cs2)c1. The molecule has 0 fully saturated rings. The molecule has 3 amide bonds. The maximum absolute atomic E-state index is 12.4. The fraction of sp³-hybridized carbons (Fsp3) is 0.150. The van der Waals surface area contributed by atoms with Gasteiger partial charge in [0.05, 0.1) is 0 Å². The lowest BCUT2D eigenvalue weighted by molar-refractivity contribution is 0.102. The number of nitrogens with one attached hydrogen (secondary N) is 3. The van der Waals surface area contributed by atoms with Crippen molar-refractivity contribution in [2.75, 3.05) is 16.0 Å². The molecular weight excluding hydrogens is 360 g/mol. The molecule has 1 heterocycles. The highest BCUT2D eigenvalue weighted by Crippen LogP contribution is 2.20. The topological polar surface area (TPSA) is 83.1 Å². The first kappa shape index (κ1) is 18.6. The number of aromatic nitrogens is 1. The highest BCUT2D eigenvalue weighted by Gasteiger charge is 2.13. The van der Waals surface area contributed by atoms with E-state index >= 15 is 0 Å². The molecule has 0 saturated carbocycles. The van der Waals surface area contributed by atoms with Crippen LogP contribution in [0.4, 0.5) is 21.3 Å². The molecule has 0 bridgehead atoms. The Hall–Kier alpha value is -3.19. The summed E-state index contributed by atoms with van der Waals surface area (Å²) in [6.45, 7) is 5.88. The first-order chi connectivity index (χ1) is 12.9. The van der Waals surface area contributed by atoms with Crippen LogP contribution in [0.15, 0.2) is 47.8 Å². The maximum Gasteiger partial charge on any atom is 0.325 e. The Balaban J connectivity index is 1.62. The molecule has 3 rings (SSSR count). The maximum atomic E-state index is 12.4. The van der Waals surface area contributed by atoms with Crippen molar-refractivity contribution in [1.29, 1.82) is 0 Å². The number of anilines is 3. The molecule has 0 aliphatic rings. The Bertz CT molecular complexity index is 997. The number of thiazole rings is 1. The number of aryl methyl sites for hydroxylation is 3. The third-order valence-corrected chi connectivity index (χ3v) is 4.62. The number of urea groups is 1. The Morgan fingerprint density at radius 3 is 2.44 bits per heavy atom. The summed E-state index contributed by atoms with van der Waals surface area (Å²) >= 11 is 1.19. The van der Waals surface area contributed by atoms with Gasteiger partial charge in [-0.05, 0) is 50.1 Å². The highest BCUT2D eigenvalue weighted by molar-refractivity contribution is 7.14. The monoisotopic (exact) mass is 380 g/mol. The summed E-state index contributed by atoms with van der Waals surface area (Å²) < 4.78 is 0.